The molecule has 1 aromatic heterocycles. The number of aliphatic hydroxyl groups excluding tert-OH is 2. The maximum Gasteiger partial charge on any atom is 0.158 e. The highest BCUT2D eigenvalue weighted by molar-refractivity contribution is 5.70. The third-order valence-corrected chi connectivity index (χ3v) is 8.86. The molecule has 0 amide bonds. The molecule has 0 spiro atoms. The average Bonchev–Trinajstić information content (AvgIpc) is 2.94. The van der Waals surface area contributed by atoms with E-state index >= 15 is 0 Å². The van der Waals surface area contributed by atoms with E-state index in [0.29, 0.717) is 35.3 Å². The van der Waals surface area contributed by atoms with Gasteiger partial charge in [0.25, 0.3) is 0 Å². The Kier molecular flexibility index (Phi) is 4.04. The topological polar surface area (TPSA) is 66.2 Å². The van der Waals surface area contributed by atoms with Crippen molar-refractivity contribution < 1.29 is 10.2 Å². The quantitative estimate of drug-likeness (QED) is 0.678. The summed E-state index contributed by atoms with van der Waals surface area (Å²) in [5.74, 6) is 3.32. The summed E-state index contributed by atoms with van der Waals surface area (Å²) in [4.78, 5) is 8.98. The van der Waals surface area contributed by atoms with Gasteiger partial charge in [-0.1, -0.05) is 32.4 Å². The molecule has 2 N–H and O–H groups in total. The van der Waals surface area contributed by atoms with E-state index in [4.69, 9.17) is 0 Å². The Morgan fingerprint density at radius 3 is 2.46 bits per heavy atom. The first kappa shape index (κ1) is 18.4. The Labute approximate surface area is 167 Å². The molecule has 4 nitrogen and oxygen atoms in total. The first-order valence-corrected chi connectivity index (χ1v) is 10.9. The lowest BCUT2D eigenvalue weighted by Crippen LogP contribution is -2.52. The van der Waals surface area contributed by atoms with Gasteiger partial charge in [0.05, 0.1) is 6.10 Å². The Morgan fingerprint density at radius 1 is 1.00 bits per heavy atom. The molecule has 4 aliphatic carbocycles. The van der Waals surface area contributed by atoms with Gasteiger partial charge in [-0.3, -0.25) is 0 Å². The van der Waals surface area contributed by atoms with E-state index < -0.39 is 0 Å². The summed E-state index contributed by atoms with van der Waals surface area (Å²) in [5, 5.41) is 21.2. The molecule has 5 rings (SSSR count). The molecule has 0 aliphatic heterocycles. The number of hydrogen-bond donors (Lipinski definition) is 2. The number of rotatable bonds is 1. The molecule has 0 saturated heterocycles. The van der Waals surface area contributed by atoms with Gasteiger partial charge in [-0.05, 0) is 67.3 Å². The van der Waals surface area contributed by atoms with Crippen LogP contribution in [0, 0.1) is 34.5 Å². The minimum absolute atomic E-state index is 0.0588. The first-order valence-electron chi connectivity index (χ1n) is 10.9. The van der Waals surface area contributed by atoms with Crippen LogP contribution in [0.4, 0.5) is 0 Å². The van der Waals surface area contributed by atoms with Crippen molar-refractivity contribution in [2.75, 3.05) is 0 Å². The van der Waals surface area contributed by atoms with Gasteiger partial charge in [-0.2, -0.15) is 0 Å². The van der Waals surface area contributed by atoms with Gasteiger partial charge in [-0.15, -0.1) is 0 Å². The lowest BCUT2D eigenvalue weighted by molar-refractivity contribution is -0.0438. The molecule has 1 heterocycles. The van der Waals surface area contributed by atoms with Crippen molar-refractivity contribution in [1.82, 2.24) is 9.97 Å². The third kappa shape index (κ3) is 2.39. The van der Waals surface area contributed by atoms with E-state index in [1.165, 1.54) is 12.0 Å². The molecule has 4 heteroatoms. The lowest BCUT2D eigenvalue weighted by Gasteiger charge is -2.59. The predicted octanol–water partition coefficient (Wildman–Crippen LogP) is 4.93. The monoisotopic (exact) mass is 380 g/mol. The maximum atomic E-state index is 11.0. The molecule has 7 atom stereocenters. The van der Waals surface area contributed by atoms with Gasteiger partial charge in [0.2, 0.25) is 0 Å². The molecule has 0 radical (unpaired) electrons. The summed E-state index contributed by atoms with van der Waals surface area (Å²) in [6.07, 6.45) is 11.7. The summed E-state index contributed by atoms with van der Waals surface area (Å²) in [6, 6.07) is 1.83. The van der Waals surface area contributed by atoms with Crippen LogP contribution in [-0.4, -0.2) is 26.3 Å². The minimum atomic E-state index is -0.170. The van der Waals surface area contributed by atoms with E-state index in [9.17, 15) is 10.2 Å². The van der Waals surface area contributed by atoms with Crippen molar-refractivity contribution in [3.8, 4) is 0 Å². The smallest absolute Gasteiger partial charge is 0.158 e. The average molecular weight is 381 g/mol. The number of aliphatic hydroxyl groups is 2. The highest BCUT2D eigenvalue weighted by Crippen LogP contribution is 2.67. The van der Waals surface area contributed by atoms with Crippen molar-refractivity contribution in [3.63, 3.8) is 0 Å². The molecule has 150 valence electrons. The van der Waals surface area contributed by atoms with Crippen LogP contribution in [0.25, 0.3) is 5.57 Å². The molecular weight excluding hydrogens is 348 g/mol. The molecule has 28 heavy (non-hydrogen) atoms. The zero-order valence-electron chi connectivity index (χ0n) is 17.2. The second kappa shape index (κ2) is 6.16. The van der Waals surface area contributed by atoms with Gasteiger partial charge in [0, 0.05) is 29.8 Å². The maximum absolute atomic E-state index is 11.0. The van der Waals surface area contributed by atoms with Crippen LogP contribution in [0.5, 0.6) is 0 Å². The van der Waals surface area contributed by atoms with Gasteiger partial charge < -0.3 is 10.2 Å². The second-order valence-electron chi connectivity index (χ2n) is 10.2. The van der Waals surface area contributed by atoms with Gasteiger partial charge >= 0.3 is 0 Å². The van der Waals surface area contributed by atoms with Crippen molar-refractivity contribution in [2.24, 2.45) is 34.5 Å². The van der Waals surface area contributed by atoms with Crippen LogP contribution in [0.2, 0.25) is 0 Å². The summed E-state index contributed by atoms with van der Waals surface area (Å²) in [7, 11) is 0. The Morgan fingerprint density at radius 2 is 1.71 bits per heavy atom. The standard InChI is InChI=1S/C24H32N2O2/c1-14-11-15-12-16(27)5-7-23(15,2)17-6-8-24(3)18(20(14)17)13-19(28)21(24)22-25-9-4-10-26-22/h4,9-11,14,16-18,20,27-28H,5-8,12-13H2,1-3H3/t14-,16-,17-,18-,20+,23-,24-/m0/s1. The largest absolute Gasteiger partial charge is 0.512 e. The van der Waals surface area contributed by atoms with Gasteiger partial charge in [0.1, 0.15) is 5.76 Å². The number of fused-ring (bicyclic) bond motifs is 5. The fourth-order valence-electron chi connectivity index (χ4n) is 7.47. The zero-order valence-corrected chi connectivity index (χ0v) is 17.2. The third-order valence-electron chi connectivity index (χ3n) is 8.86. The van der Waals surface area contributed by atoms with Crippen LogP contribution < -0.4 is 0 Å². The first-order chi connectivity index (χ1) is 13.3. The fourth-order valence-corrected chi connectivity index (χ4v) is 7.47. The normalized spacial score (nSPS) is 45.1. The molecule has 2 saturated carbocycles. The van der Waals surface area contributed by atoms with Gasteiger partial charge in [0.15, 0.2) is 5.82 Å². The SMILES string of the molecule is C[C@H]1C=C2C[C@@H](O)CC[C@]2(C)[C@H]2CC[C@]3(C)C(c4ncccn4)=C(O)C[C@H]3[C@H]12. The Bertz CT molecular complexity index is 847. The Balaban J connectivity index is 1.55. The van der Waals surface area contributed by atoms with Crippen LogP contribution in [0.15, 0.2) is 35.9 Å². The number of allylic oxidation sites excluding steroid dienone is 3. The highest BCUT2D eigenvalue weighted by atomic mass is 16.3. The van der Waals surface area contributed by atoms with E-state index in [1.807, 2.05) is 6.07 Å². The molecule has 1 aromatic rings. The van der Waals surface area contributed by atoms with Crippen LogP contribution in [0.1, 0.15) is 65.1 Å². The van der Waals surface area contributed by atoms with Crippen LogP contribution in [0.3, 0.4) is 0 Å². The van der Waals surface area contributed by atoms with Crippen molar-refractivity contribution >= 4 is 5.57 Å². The van der Waals surface area contributed by atoms with E-state index in [0.717, 1.165) is 37.7 Å². The predicted molar refractivity (Wildman–Crippen MR) is 109 cm³/mol. The van der Waals surface area contributed by atoms with E-state index in [1.54, 1.807) is 12.4 Å². The summed E-state index contributed by atoms with van der Waals surface area (Å²) < 4.78 is 0. The molecule has 0 aromatic carbocycles. The summed E-state index contributed by atoms with van der Waals surface area (Å²) in [5.41, 5.74) is 2.63. The summed E-state index contributed by atoms with van der Waals surface area (Å²) in [6.45, 7) is 7.13. The van der Waals surface area contributed by atoms with E-state index in [2.05, 4.69) is 36.8 Å². The van der Waals surface area contributed by atoms with Crippen molar-refractivity contribution in [3.05, 3.63) is 41.7 Å². The van der Waals surface area contributed by atoms with Crippen LogP contribution in [-0.2, 0) is 0 Å². The lowest BCUT2D eigenvalue weighted by atomic mass is 9.45. The Hall–Kier alpha value is -1.68. The van der Waals surface area contributed by atoms with Crippen molar-refractivity contribution in [2.45, 2.75) is 65.4 Å². The van der Waals surface area contributed by atoms with Gasteiger partial charge in [-0.25, -0.2) is 9.97 Å². The molecule has 2 fully saturated rings. The molecular formula is C24H32N2O2. The summed E-state index contributed by atoms with van der Waals surface area (Å²) >= 11 is 0. The van der Waals surface area contributed by atoms with Crippen molar-refractivity contribution in [1.29, 1.82) is 0 Å². The number of nitrogens with zero attached hydrogens (tertiary/aromatic N) is 2. The fraction of sp³-hybridized carbons (Fsp3) is 0.667. The van der Waals surface area contributed by atoms with E-state index in [-0.39, 0.29) is 16.9 Å². The second-order valence-corrected chi connectivity index (χ2v) is 10.2. The number of aromatic nitrogens is 2. The molecule has 4 aliphatic rings. The molecule has 0 bridgehead atoms. The zero-order chi connectivity index (χ0) is 19.7. The highest BCUT2D eigenvalue weighted by Gasteiger charge is 2.60. The minimum Gasteiger partial charge on any atom is -0.512 e. The molecule has 0 unspecified atom stereocenters. The number of hydrogen-bond acceptors (Lipinski definition) is 4. The van der Waals surface area contributed by atoms with Crippen LogP contribution >= 0.6 is 0 Å².